The molecule has 2 amide bonds. The third-order valence-corrected chi connectivity index (χ3v) is 5.97. The van der Waals surface area contributed by atoms with E-state index >= 15 is 0 Å². The molecule has 0 fully saturated rings. The summed E-state index contributed by atoms with van der Waals surface area (Å²) < 4.78 is 0. The minimum absolute atomic E-state index is 0.226. The minimum atomic E-state index is -0.318. The van der Waals surface area contributed by atoms with Gasteiger partial charge in [-0.1, -0.05) is 35.1 Å². The monoisotopic (exact) mass is 411 g/mol. The molecule has 2 aromatic carbocycles. The van der Waals surface area contributed by atoms with Gasteiger partial charge in [-0.2, -0.15) is 0 Å². The molecular formula is C21H18ClN3O2S. The van der Waals surface area contributed by atoms with Crippen molar-refractivity contribution < 1.29 is 9.59 Å². The van der Waals surface area contributed by atoms with Crippen LogP contribution in [0.4, 0.5) is 10.8 Å². The van der Waals surface area contributed by atoms with Gasteiger partial charge in [0.05, 0.1) is 5.69 Å². The van der Waals surface area contributed by atoms with Crippen molar-refractivity contribution in [2.24, 2.45) is 0 Å². The third-order valence-electron chi connectivity index (χ3n) is 4.67. The number of aryl methyl sites for hydroxylation is 3. The molecule has 0 spiro atoms. The van der Waals surface area contributed by atoms with Gasteiger partial charge in [0, 0.05) is 16.3 Å². The van der Waals surface area contributed by atoms with Gasteiger partial charge in [-0.25, -0.2) is 4.98 Å². The molecule has 0 radical (unpaired) electrons. The van der Waals surface area contributed by atoms with Gasteiger partial charge in [-0.3, -0.25) is 14.9 Å². The summed E-state index contributed by atoms with van der Waals surface area (Å²) in [7, 11) is 0. The number of anilines is 2. The van der Waals surface area contributed by atoms with Crippen molar-refractivity contribution in [1.29, 1.82) is 0 Å². The van der Waals surface area contributed by atoms with E-state index in [1.807, 2.05) is 12.1 Å². The summed E-state index contributed by atoms with van der Waals surface area (Å²) in [5.74, 6) is -0.543. The zero-order valence-electron chi connectivity index (χ0n) is 15.2. The lowest BCUT2D eigenvalue weighted by molar-refractivity contribution is 0.102. The second-order valence-corrected chi connectivity index (χ2v) is 8.12. The first kappa shape index (κ1) is 18.7. The number of nitrogens with zero attached hydrogens (tertiary/aromatic N) is 1. The van der Waals surface area contributed by atoms with Gasteiger partial charge in [0.15, 0.2) is 5.13 Å². The highest BCUT2D eigenvalue weighted by Crippen LogP contribution is 2.27. The van der Waals surface area contributed by atoms with Crippen molar-refractivity contribution in [3.8, 4) is 0 Å². The number of carbonyl (C=O) groups is 2. The molecule has 1 heterocycles. The second kappa shape index (κ2) is 7.73. The Bertz CT molecular complexity index is 1080. The number of halogens is 1. The fraction of sp³-hybridized carbons (Fsp3) is 0.190. The molecular weight excluding hydrogens is 394 g/mol. The number of fused-ring (bicyclic) bond motifs is 1. The van der Waals surface area contributed by atoms with E-state index in [2.05, 4.69) is 21.7 Å². The van der Waals surface area contributed by atoms with Crippen LogP contribution in [0.5, 0.6) is 0 Å². The van der Waals surface area contributed by atoms with E-state index in [0.29, 0.717) is 26.3 Å². The number of thiazole rings is 1. The summed E-state index contributed by atoms with van der Waals surface area (Å²) in [6.45, 7) is 1.75. The first-order chi connectivity index (χ1) is 13.5. The number of amides is 2. The Kier molecular flexibility index (Phi) is 5.15. The highest BCUT2D eigenvalue weighted by Gasteiger charge is 2.18. The quantitative estimate of drug-likeness (QED) is 0.627. The molecule has 0 atom stereocenters. The predicted octanol–water partition coefficient (Wildman–Crippen LogP) is 5.10. The zero-order valence-corrected chi connectivity index (χ0v) is 16.8. The number of nitrogens with one attached hydrogen (secondary N) is 2. The highest BCUT2D eigenvalue weighted by atomic mass is 35.5. The predicted molar refractivity (Wildman–Crippen MR) is 113 cm³/mol. The fourth-order valence-electron chi connectivity index (χ4n) is 3.30. The normalized spacial score (nSPS) is 12.5. The van der Waals surface area contributed by atoms with Crippen LogP contribution in [0.15, 0.2) is 42.5 Å². The SMILES string of the molecule is Cc1nc(NC(=O)c2cccc(Cl)c2)sc1C(=O)Nc1ccc2c(c1)CCC2. The zero-order chi connectivity index (χ0) is 19.7. The highest BCUT2D eigenvalue weighted by molar-refractivity contribution is 7.17. The first-order valence-corrected chi connectivity index (χ1v) is 10.2. The van der Waals surface area contributed by atoms with Gasteiger partial charge in [0.25, 0.3) is 11.8 Å². The van der Waals surface area contributed by atoms with E-state index in [4.69, 9.17) is 11.6 Å². The molecule has 0 aliphatic heterocycles. The molecule has 5 nitrogen and oxygen atoms in total. The number of rotatable bonds is 4. The Morgan fingerprint density at radius 3 is 2.68 bits per heavy atom. The van der Waals surface area contributed by atoms with E-state index in [1.165, 1.54) is 11.1 Å². The van der Waals surface area contributed by atoms with Crippen molar-refractivity contribution in [3.63, 3.8) is 0 Å². The van der Waals surface area contributed by atoms with Gasteiger partial charge >= 0.3 is 0 Å². The van der Waals surface area contributed by atoms with Crippen LogP contribution < -0.4 is 10.6 Å². The van der Waals surface area contributed by atoms with Crippen LogP contribution >= 0.6 is 22.9 Å². The van der Waals surface area contributed by atoms with Crippen molar-refractivity contribution in [2.75, 3.05) is 10.6 Å². The molecule has 3 aromatic rings. The Morgan fingerprint density at radius 1 is 1.04 bits per heavy atom. The second-order valence-electron chi connectivity index (χ2n) is 6.69. The van der Waals surface area contributed by atoms with Gasteiger partial charge in [-0.05, 0) is 67.6 Å². The molecule has 0 saturated heterocycles. The van der Waals surface area contributed by atoms with Gasteiger partial charge in [-0.15, -0.1) is 0 Å². The van der Waals surface area contributed by atoms with E-state index in [0.717, 1.165) is 36.3 Å². The Morgan fingerprint density at radius 2 is 1.86 bits per heavy atom. The summed E-state index contributed by atoms with van der Waals surface area (Å²) in [5.41, 5.74) is 4.45. The average molecular weight is 412 g/mol. The molecule has 0 bridgehead atoms. The largest absolute Gasteiger partial charge is 0.321 e. The average Bonchev–Trinajstić information content (AvgIpc) is 3.27. The van der Waals surface area contributed by atoms with Gasteiger partial charge < -0.3 is 5.32 Å². The lowest BCUT2D eigenvalue weighted by Crippen LogP contribution is -2.11. The van der Waals surface area contributed by atoms with Crippen LogP contribution in [0.25, 0.3) is 0 Å². The van der Waals surface area contributed by atoms with Crippen LogP contribution in [0.2, 0.25) is 5.02 Å². The summed E-state index contributed by atoms with van der Waals surface area (Å²) in [5, 5.41) is 6.53. The molecule has 0 saturated carbocycles. The molecule has 2 N–H and O–H groups in total. The Labute approximate surface area is 171 Å². The maximum absolute atomic E-state index is 12.7. The summed E-state index contributed by atoms with van der Waals surface area (Å²) in [6, 6.07) is 12.7. The molecule has 142 valence electrons. The fourth-order valence-corrected chi connectivity index (χ4v) is 4.34. The van der Waals surface area contributed by atoms with Crippen LogP contribution in [0.3, 0.4) is 0 Å². The number of benzene rings is 2. The number of hydrogen-bond acceptors (Lipinski definition) is 4. The van der Waals surface area contributed by atoms with Crippen LogP contribution in [0, 0.1) is 6.92 Å². The lowest BCUT2D eigenvalue weighted by atomic mass is 10.1. The maximum atomic E-state index is 12.7. The number of hydrogen-bond donors (Lipinski definition) is 2. The van der Waals surface area contributed by atoms with E-state index in [-0.39, 0.29) is 11.8 Å². The lowest BCUT2D eigenvalue weighted by Gasteiger charge is -2.06. The minimum Gasteiger partial charge on any atom is -0.321 e. The topological polar surface area (TPSA) is 71.1 Å². The summed E-state index contributed by atoms with van der Waals surface area (Å²) >= 11 is 7.08. The van der Waals surface area contributed by atoms with Gasteiger partial charge in [0.2, 0.25) is 0 Å². The van der Waals surface area contributed by atoms with E-state index < -0.39 is 0 Å². The smallest absolute Gasteiger partial charge is 0.267 e. The molecule has 4 rings (SSSR count). The van der Waals surface area contributed by atoms with Crippen molar-refractivity contribution in [2.45, 2.75) is 26.2 Å². The van der Waals surface area contributed by atoms with E-state index in [9.17, 15) is 9.59 Å². The molecule has 1 aromatic heterocycles. The van der Waals surface area contributed by atoms with Crippen LogP contribution in [-0.4, -0.2) is 16.8 Å². The Hall–Kier alpha value is -2.70. The van der Waals surface area contributed by atoms with Crippen molar-refractivity contribution in [3.05, 3.63) is 74.7 Å². The van der Waals surface area contributed by atoms with Crippen LogP contribution in [-0.2, 0) is 12.8 Å². The number of aromatic nitrogens is 1. The molecule has 28 heavy (non-hydrogen) atoms. The van der Waals surface area contributed by atoms with Gasteiger partial charge in [0.1, 0.15) is 4.88 Å². The number of carbonyl (C=O) groups excluding carboxylic acids is 2. The molecule has 0 unspecified atom stereocenters. The van der Waals surface area contributed by atoms with Crippen LogP contribution in [0.1, 0.15) is 43.3 Å². The van der Waals surface area contributed by atoms with Crippen molar-refractivity contribution in [1.82, 2.24) is 4.98 Å². The van der Waals surface area contributed by atoms with E-state index in [1.54, 1.807) is 31.2 Å². The standard InChI is InChI=1S/C21H18ClN3O2S/c1-12-18(20(27)24-17-9-8-13-4-2-5-14(13)11-17)28-21(23-12)25-19(26)15-6-3-7-16(22)10-15/h3,6-11H,2,4-5H2,1H3,(H,24,27)(H,23,25,26). The summed E-state index contributed by atoms with van der Waals surface area (Å²) in [6.07, 6.45) is 3.32. The van der Waals surface area contributed by atoms with Crippen molar-refractivity contribution >= 4 is 45.6 Å². The first-order valence-electron chi connectivity index (χ1n) is 8.97. The third kappa shape index (κ3) is 3.93. The molecule has 1 aliphatic carbocycles. The maximum Gasteiger partial charge on any atom is 0.267 e. The Balaban J connectivity index is 1.47. The molecule has 1 aliphatic rings. The molecule has 7 heteroatoms. The summed E-state index contributed by atoms with van der Waals surface area (Å²) in [4.78, 5) is 29.8.